The van der Waals surface area contributed by atoms with E-state index < -0.39 is 0 Å². The van der Waals surface area contributed by atoms with E-state index in [1.165, 1.54) is 0 Å². The van der Waals surface area contributed by atoms with Gasteiger partial charge < -0.3 is 14.9 Å². The van der Waals surface area contributed by atoms with Gasteiger partial charge in [0.15, 0.2) is 0 Å². The standard InChI is InChI=1S/C13H17N3O2/c17-9-10-3-4-12(14-6-10)15-7-11-2-1-5-16(11)13(18)8-15/h3-4,6,11,17H,1-2,5,7-9H2. The lowest BCUT2D eigenvalue weighted by Crippen LogP contribution is -2.54. The Hall–Kier alpha value is -1.62. The number of hydrogen-bond donors (Lipinski definition) is 1. The molecule has 0 radical (unpaired) electrons. The van der Waals surface area contributed by atoms with Crippen LogP contribution in [0.5, 0.6) is 0 Å². The number of piperazine rings is 1. The van der Waals surface area contributed by atoms with E-state index in [2.05, 4.69) is 4.98 Å². The minimum absolute atomic E-state index is 0.00259. The molecule has 5 heteroatoms. The molecular formula is C13H17N3O2. The topological polar surface area (TPSA) is 56.7 Å². The largest absolute Gasteiger partial charge is 0.392 e. The summed E-state index contributed by atoms with van der Waals surface area (Å²) in [5, 5.41) is 8.99. The second kappa shape index (κ2) is 4.57. The van der Waals surface area contributed by atoms with E-state index >= 15 is 0 Å². The second-order valence-electron chi connectivity index (χ2n) is 4.95. The van der Waals surface area contributed by atoms with Crippen molar-refractivity contribution in [2.75, 3.05) is 24.5 Å². The van der Waals surface area contributed by atoms with Gasteiger partial charge in [0.05, 0.1) is 13.2 Å². The summed E-state index contributed by atoms with van der Waals surface area (Å²) in [6, 6.07) is 4.09. The number of aliphatic hydroxyl groups excluding tert-OH is 1. The van der Waals surface area contributed by atoms with Gasteiger partial charge in [-0.25, -0.2) is 4.98 Å². The van der Waals surface area contributed by atoms with E-state index in [9.17, 15) is 4.79 Å². The highest BCUT2D eigenvalue weighted by atomic mass is 16.3. The first-order valence-electron chi connectivity index (χ1n) is 6.38. The zero-order valence-corrected chi connectivity index (χ0v) is 10.2. The van der Waals surface area contributed by atoms with Crippen LogP contribution in [0, 0.1) is 0 Å². The molecule has 3 rings (SSSR count). The van der Waals surface area contributed by atoms with E-state index in [-0.39, 0.29) is 12.5 Å². The highest BCUT2D eigenvalue weighted by molar-refractivity contribution is 5.83. The monoisotopic (exact) mass is 247 g/mol. The third kappa shape index (κ3) is 1.95. The summed E-state index contributed by atoms with van der Waals surface area (Å²) >= 11 is 0. The number of rotatable bonds is 2. The summed E-state index contributed by atoms with van der Waals surface area (Å²) in [6.45, 7) is 2.20. The van der Waals surface area contributed by atoms with E-state index in [4.69, 9.17) is 5.11 Å². The molecular weight excluding hydrogens is 230 g/mol. The molecule has 1 atom stereocenters. The highest BCUT2D eigenvalue weighted by Crippen LogP contribution is 2.25. The van der Waals surface area contributed by atoms with Crippen molar-refractivity contribution in [2.45, 2.75) is 25.5 Å². The average Bonchev–Trinajstić information content (AvgIpc) is 2.88. The van der Waals surface area contributed by atoms with Crippen LogP contribution < -0.4 is 4.90 Å². The lowest BCUT2D eigenvalue weighted by Gasteiger charge is -2.37. The SMILES string of the molecule is O=C1CN(c2ccc(CO)cn2)CC2CCCN12. The highest BCUT2D eigenvalue weighted by Gasteiger charge is 2.35. The molecule has 0 spiro atoms. The first kappa shape index (κ1) is 11.5. The molecule has 2 saturated heterocycles. The number of aromatic nitrogens is 1. The molecule has 1 aromatic rings. The van der Waals surface area contributed by atoms with Gasteiger partial charge in [-0.2, -0.15) is 0 Å². The molecule has 0 aromatic carbocycles. The third-order valence-corrected chi connectivity index (χ3v) is 3.77. The number of pyridine rings is 1. The Balaban J connectivity index is 1.77. The number of nitrogens with zero attached hydrogens (tertiary/aromatic N) is 3. The van der Waals surface area contributed by atoms with Crippen LogP contribution in [0.1, 0.15) is 18.4 Å². The summed E-state index contributed by atoms with van der Waals surface area (Å²) < 4.78 is 0. The third-order valence-electron chi connectivity index (χ3n) is 3.77. The summed E-state index contributed by atoms with van der Waals surface area (Å²) in [5.74, 6) is 1.03. The fourth-order valence-corrected chi connectivity index (χ4v) is 2.80. The van der Waals surface area contributed by atoms with Gasteiger partial charge in [-0.1, -0.05) is 6.07 Å². The van der Waals surface area contributed by atoms with Crippen molar-refractivity contribution >= 4 is 11.7 Å². The summed E-state index contributed by atoms with van der Waals surface area (Å²) in [6.07, 6.45) is 3.87. The molecule has 2 aliphatic rings. The predicted octanol–water partition coefficient (Wildman–Crippen LogP) is 0.385. The molecule has 1 unspecified atom stereocenters. The van der Waals surface area contributed by atoms with Crippen molar-refractivity contribution in [1.29, 1.82) is 0 Å². The van der Waals surface area contributed by atoms with E-state index in [1.54, 1.807) is 6.20 Å². The number of hydrogen-bond acceptors (Lipinski definition) is 4. The number of anilines is 1. The Morgan fingerprint density at radius 2 is 2.33 bits per heavy atom. The molecule has 5 nitrogen and oxygen atoms in total. The fourth-order valence-electron chi connectivity index (χ4n) is 2.80. The molecule has 0 bridgehead atoms. The summed E-state index contributed by atoms with van der Waals surface area (Å²) in [4.78, 5) is 20.4. The first-order chi connectivity index (χ1) is 8.78. The number of fused-ring (bicyclic) bond motifs is 1. The molecule has 2 aliphatic heterocycles. The molecule has 0 saturated carbocycles. The van der Waals surface area contributed by atoms with Crippen molar-refractivity contribution in [3.63, 3.8) is 0 Å². The van der Waals surface area contributed by atoms with Gasteiger partial charge in [0.25, 0.3) is 0 Å². The lowest BCUT2D eigenvalue weighted by molar-refractivity contribution is -0.131. The van der Waals surface area contributed by atoms with Crippen LogP contribution in [0.4, 0.5) is 5.82 Å². The van der Waals surface area contributed by atoms with Gasteiger partial charge in [-0.3, -0.25) is 4.79 Å². The maximum absolute atomic E-state index is 12.0. The zero-order valence-electron chi connectivity index (χ0n) is 10.2. The minimum Gasteiger partial charge on any atom is -0.392 e. The Morgan fingerprint density at radius 3 is 3.06 bits per heavy atom. The molecule has 3 heterocycles. The normalized spacial score (nSPS) is 23.4. The average molecular weight is 247 g/mol. The van der Waals surface area contributed by atoms with E-state index in [0.29, 0.717) is 12.6 Å². The Bertz CT molecular complexity index is 446. The number of carbonyl (C=O) groups excluding carboxylic acids is 1. The number of amides is 1. The maximum Gasteiger partial charge on any atom is 0.242 e. The molecule has 1 N–H and O–H groups in total. The first-order valence-corrected chi connectivity index (χ1v) is 6.38. The Morgan fingerprint density at radius 1 is 1.44 bits per heavy atom. The number of carbonyl (C=O) groups is 1. The van der Waals surface area contributed by atoms with Crippen LogP contribution in [0.25, 0.3) is 0 Å². The zero-order chi connectivity index (χ0) is 12.5. The van der Waals surface area contributed by atoms with Crippen LogP contribution >= 0.6 is 0 Å². The van der Waals surface area contributed by atoms with Crippen molar-refractivity contribution < 1.29 is 9.90 Å². The molecule has 2 fully saturated rings. The van der Waals surface area contributed by atoms with Crippen LogP contribution in [0.3, 0.4) is 0 Å². The molecule has 96 valence electrons. The molecule has 1 aromatic heterocycles. The van der Waals surface area contributed by atoms with Gasteiger partial charge in [0, 0.05) is 25.3 Å². The second-order valence-corrected chi connectivity index (χ2v) is 4.95. The van der Waals surface area contributed by atoms with Gasteiger partial charge in [0.1, 0.15) is 5.82 Å². The summed E-state index contributed by atoms with van der Waals surface area (Å²) in [5.41, 5.74) is 0.796. The van der Waals surface area contributed by atoms with Crippen LogP contribution in [0.2, 0.25) is 0 Å². The Kier molecular flexibility index (Phi) is 2.91. The lowest BCUT2D eigenvalue weighted by atomic mass is 10.1. The van der Waals surface area contributed by atoms with Crippen LogP contribution in [-0.4, -0.2) is 46.6 Å². The van der Waals surface area contributed by atoms with Crippen molar-refractivity contribution in [1.82, 2.24) is 9.88 Å². The van der Waals surface area contributed by atoms with Crippen molar-refractivity contribution in [3.8, 4) is 0 Å². The van der Waals surface area contributed by atoms with Crippen LogP contribution in [0.15, 0.2) is 18.3 Å². The quantitative estimate of drug-likeness (QED) is 0.821. The maximum atomic E-state index is 12.0. The van der Waals surface area contributed by atoms with Gasteiger partial charge in [-0.15, -0.1) is 0 Å². The number of aliphatic hydroxyl groups is 1. The van der Waals surface area contributed by atoms with E-state index in [1.807, 2.05) is 21.9 Å². The molecule has 1 amide bonds. The summed E-state index contributed by atoms with van der Waals surface area (Å²) in [7, 11) is 0. The van der Waals surface area contributed by atoms with E-state index in [0.717, 1.165) is 37.3 Å². The van der Waals surface area contributed by atoms with Gasteiger partial charge in [-0.05, 0) is 24.5 Å². The Labute approximate surface area is 106 Å². The van der Waals surface area contributed by atoms with Crippen molar-refractivity contribution in [3.05, 3.63) is 23.9 Å². The smallest absolute Gasteiger partial charge is 0.242 e. The van der Waals surface area contributed by atoms with Gasteiger partial charge >= 0.3 is 0 Å². The minimum atomic E-state index is 0.00259. The molecule has 18 heavy (non-hydrogen) atoms. The van der Waals surface area contributed by atoms with Gasteiger partial charge in [0.2, 0.25) is 5.91 Å². The van der Waals surface area contributed by atoms with Crippen LogP contribution in [-0.2, 0) is 11.4 Å². The predicted molar refractivity (Wildman–Crippen MR) is 67.1 cm³/mol. The van der Waals surface area contributed by atoms with Crippen molar-refractivity contribution in [2.24, 2.45) is 0 Å². The fraction of sp³-hybridized carbons (Fsp3) is 0.538. The molecule has 0 aliphatic carbocycles.